The van der Waals surface area contributed by atoms with E-state index >= 15 is 0 Å². The van der Waals surface area contributed by atoms with Gasteiger partial charge in [-0.3, -0.25) is 0 Å². The standard InChI is InChI=1S/C12H25N3O2S/c1-2-11-4-3-5-12(10-11)14-18(16,17)15-8-6-13-7-9-15/h11-14H,2-10H2,1H3. The zero-order valence-electron chi connectivity index (χ0n) is 11.2. The molecule has 0 radical (unpaired) electrons. The third-order valence-electron chi connectivity index (χ3n) is 4.09. The van der Waals surface area contributed by atoms with Crippen LogP contribution < -0.4 is 10.0 Å². The molecule has 18 heavy (non-hydrogen) atoms. The number of hydrogen-bond donors (Lipinski definition) is 2. The molecule has 1 aliphatic heterocycles. The molecule has 0 aromatic carbocycles. The van der Waals surface area contributed by atoms with Crippen LogP contribution in [0, 0.1) is 5.92 Å². The summed E-state index contributed by atoms with van der Waals surface area (Å²) < 4.78 is 28.9. The molecule has 106 valence electrons. The van der Waals surface area contributed by atoms with Gasteiger partial charge < -0.3 is 5.32 Å². The summed E-state index contributed by atoms with van der Waals surface area (Å²) in [5.74, 6) is 0.689. The molecule has 6 heteroatoms. The maximum absolute atomic E-state index is 12.2. The van der Waals surface area contributed by atoms with Crippen molar-refractivity contribution in [1.82, 2.24) is 14.3 Å². The summed E-state index contributed by atoms with van der Waals surface area (Å²) in [5, 5.41) is 3.17. The van der Waals surface area contributed by atoms with E-state index in [4.69, 9.17) is 0 Å². The number of piperazine rings is 1. The van der Waals surface area contributed by atoms with E-state index in [0.717, 1.165) is 38.8 Å². The monoisotopic (exact) mass is 275 g/mol. The maximum atomic E-state index is 12.2. The first-order valence-corrected chi connectivity index (χ1v) is 8.54. The van der Waals surface area contributed by atoms with Crippen LogP contribution in [0.3, 0.4) is 0 Å². The van der Waals surface area contributed by atoms with E-state index < -0.39 is 10.2 Å². The largest absolute Gasteiger partial charge is 0.314 e. The molecule has 0 aromatic heterocycles. The predicted octanol–water partition coefficient (Wildman–Crippen LogP) is 0.695. The van der Waals surface area contributed by atoms with E-state index in [1.165, 1.54) is 6.42 Å². The van der Waals surface area contributed by atoms with Crippen LogP contribution in [0.15, 0.2) is 0 Å². The Bertz CT molecular complexity index is 352. The normalized spacial score (nSPS) is 31.4. The third kappa shape index (κ3) is 3.66. The molecule has 5 nitrogen and oxygen atoms in total. The van der Waals surface area contributed by atoms with Crippen molar-refractivity contribution in [2.24, 2.45) is 5.92 Å². The van der Waals surface area contributed by atoms with E-state index in [1.807, 2.05) is 0 Å². The molecule has 2 fully saturated rings. The lowest BCUT2D eigenvalue weighted by Gasteiger charge is -2.32. The van der Waals surface area contributed by atoms with Gasteiger partial charge in [-0.2, -0.15) is 17.4 Å². The molecule has 0 aromatic rings. The molecular weight excluding hydrogens is 250 g/mol. The second kappa shape index (κ2) is 6.32. The summed E-state index contributed by atoms with van der Waals surface area (Å²) in [6.45, 7) is 4.86. The quantitative estimate of drug-likeness (QED) is 0.794. The van der Waals surface area contributed by atoms with Crippen molar-refractivity contribution < 1.29 is 8.42 Å². The fourth-order valence-electron chi connectivity index (χ4n) is 2.94. The van der Waals surface area contributed by atoms with Crippen molar-refractivity contribution in [3.05, 3.63) is 0 Å². The number of hydrogen-bond acceptors (Lipinski definition) is 3. The topological polar surface area (TPSA) is 61.4 Å². The molecule has 0 amide bonds. The highest BCUT2D eigenvalue weighted by Gasteiger charge is 2.29. The molecular formula is C12H25N3O2S. The lowest BCUT2D eigenvalue weighted by molar-refractivity contribution is 0.291. The van der Waals surface area contributed by atoms with Crippen LogP contribution in [-0.2, 0) is 10.2 Å². The molecule has 0 spiro atoms. The summed E-state index contributed by atoms with van der Waals surface area (Å²) in [7, 11) is -3.27. The Hall–Kier alpha value is -0.170. The van der Waals surface area contributed by atoms with Gasteiger partial charge in [0.05, 0.1) is 0 Å². The molecule has 1 saturated heterocycles. The summed E-state index contributed by atoms with van der Waals surface area (Å²) in [6.07, 6.45) is 5.55. The molecule has 2 aliphatic rings. The van der Waals surface area contributed by atoms with E-state index in [0.29, 0.717) is 19.0 Å². The first-order valence-electron chi connectivity index (χ1n) is 7.10. The fourth-order valence-corrected chi connectivity index (χ4v) is 4.39. The Kier molecular flexibility index (Phi) is 5.00. The van der Waals surface area contributed by atoms with Crippen molar-refractivity contribution in [3.63, 3.8) is 0 Å². The second-order valence-corrected chi connectivity index (χ2v) is 7.11. The Labute approximate surface area is 110 Å². The minimum atomic E-state index is -3.27. The average molecular weight is 275 g/mol. The first kappa shape index (κ1) is 14.2. The summed E-state index contributed by atoms with van der Waals surface area (Å²) in [5.41, 5.74) is 0. The van der Waals surface area contributed by atoms with Crippen molar-refractivity contribution >= 4 is 10.2 Å². The van der Waals surface area contributed by atoms with E-state index in [2.05, 4.69) is 17.0 Å². The van der Waals surface area contributed by atoms with E-state index in [9.17, 15) is 8.42 Å². The molecule has 2 rings (SSSR count). The number of nitrogens with one attached hydrogen (secondary N) is 2. The zero-order chi connectivity index (χ0) is 13.0. The molecule has 2 N–H and O–H groups in total. The summed E-state index contributed by atoms with van der Waals surface area (Å²) in [6, 6.07) is 0.142. The van der Waals surface area contributed by atoms with Crippen LogP contribution in [0.4, 0.5) is 0 Å². The van der Waals surface area contributed by atoms with Gasteiger partial charge in [-0.05, 0) is 18.8 Å². The SMILES string of the molecule is CCC1CCCC(NS(=O)(=O)N2CCNCC2)C1. The summed E-state index contributed by atoms with van der Waals surface area (Å²) in [4.78, 5) is 0. The molecule has 2 atom stereocenters. The molecule has 1 aliphatic carbocycles. The van der Waals surface area contributed by atoms with Gasteiger partial charge in [0, 0.05) is 32.2 Å². The smallest absolute Gasteiger partial charge is 0.279 e. The minimum Gasteiger partial charge on any atom is -0.314 e. The highest BCUT2D eigenvalue weighted by molar-refractivity contribution is 7.87. The Morgan fingerprint density at radius 2 is 2.00 bits per heavy atom. The zero-order valence-corrected chi connectivity index (χ0v) is 12.0. The fraction of sp³-hybridized carbons (Fsp3) is 1.00. The lowest BCUT2D eigenvalue weighted by atomic mass is 9.85. The Morgan fingerprint density at radius 3 is 2.67 bits per heavy atom. The first-order chi connectivity index (χ1) is 8.62. The van der Waals surface area contributed by atoms with Crippen molar-refractivity contribution in [3.8, 4) is 0 Å². The van der Waals surface area contributed by atoms with E-state index in [1.54, 1.807) is 4.31 Å². The van der Waals surface area contributed by atoms with Gasteiger partial charge in [0.25, 0.3) is 10.2 Å². The average Bonchev–Trinajstić information content (AvgIpc) is 2.39. The number of nitrogens with zero attached hydrogens (tertiary/aromatic N) is 1. The third-order valence-corrected chi connectivity index (χ3v) is 5.77. The second-order valence-electron chi connectivity index (χ2n) is 5.41. The van der Waals surface area contributed by atoms with E-state index in [-0.39, 0.29) is 6.04 Å². The van der Waals surface area contributed by atoms with Gasteiger partial charge in [0.2, 0.25) is 0 Å². The number of rotatable bonds is 4. The molecule has 2 unspecified atom stereocenters. The van der Waals surface area contributed by atoms with Crippen LogP contribution in [0.25, 0.3) is 0 Å². The maximum Gasteiger partial charge on any atom is 0.279 e. The molecule has 1 saturated carbocycles. The molecule has 1 heterocycles. The van der Waals surface area contributed by atoms with Crippen molar-refractivity contribution in [2.75, 3.05) is 26.2 Å². The van der Waals surface area contributed by atoms with Crippen molar-refractivity contribution in [2.45, 2.75) is 45.1 Å². The van der Waals surface area contributed by atoms with Gasteiger partial charge in [0.1, 0.15) is 0 Å². The minimum absolute atomic E-state index is 0.142. The van der Waals surface area contributed by atoms with Gasteiger partial charge in [-0.1, -0.05) is 26.2 Å². The van der Waals surface area contributed by atoms with Gasteiger partial charge in [-0.25, -0.2) is 0 Å². The van der Waals surface area contributed by atoms with Crippen LogP contribution in [0.1, 0.15) is 39.0 Å². The Balaban J connectivity index is 1.90. The van der Waals surface area contributed by atoms with Gasteiger partial charge >= 0.3 is 0 Å². The lowest BCUT2D eigenvalue weighted by Crippen LogP contribution is -2.53. The van der Waals surface area contributed by atoms with Crippen LogP contribution in [-0.4, -0.2) is 44.9 Å². The van der Waals surface area contributed by atoms with Gasteiger partial charge in [0.15, 0.2) is 0 Å². The summed E-state index contributed by atoms with van der Waals surface area (Å²) >= 11 is 0. The molecule has 0 bridgehead atoms. The van der Waals surface area contributed by atoms with Gasteiger partial charge in [-0.15, -0.1) is 0 Å². The Morgan fingerprint density at radius 1 is 1.28 bits per heavy atom. The predicted molar refractivity (Wildman–Crippen MR) is 72.5 cm³/mol. The van der Waals surface area contributed by atoms with Crippen LogP contribution in [0.5, 0.6) is 0 Å². The van der Waals surface area contributed by atoms with Crippen LogP contribution in [0.2, 0.25) is 0 Å². The highest BCUT2D eigenvalue weighted by Crippen LogP contribution is 2.27. The van der Waals surface area contributed by atoms with Crippen LogP contribution >= 0.6 is 0 Å². The highest BCUT2D eigenvalue weighted by atomic mass is 32.2. The van der Waals surface area contributed by atoms with Crippen molar-refractivity contribution in [1.29, 1.82) is 0 Å².